The van der Waals surface area contributed by atoms with Crippen molar-refractivity contribution in [3.8, 4) is 11.5 Å². The van der Waals surface area contributed by atoms with Crippen LogP contribution in [0.3, 0.4) is 0 Å². The molecule has 1 heterocycles. The SMILES string of the molecule is COc1ccc(COCc2cnc(C(=O)O)c(O)c2CO)cc1. The highest BCUT2D eigenvalue weighted by atomic mass is 16.5. The third-order valence-electron chi connectivity index (χ3n) is 3.29. The van der Waals surface area contributed by atoms with Crippen molar-refractivity contribution in [2.24, 2.45) is 0 Å². The molecule has 1 aromatic heterocycles. The van der Waals surface area contributed by atoms with Crippen molar-refractivity contribution in [3.63, 3.8) is 0 Å². The fraction of sp³-hybridized carbons (Fsp3) is 0.250. The summed E-state index contributed by atoms with van der Waals surface area (Å²) in [7, 11) is 1.59. The van der Waals surface area contributed by atoms with Crippen molar-refractivity contribution in [2.45, 2.75) is 19.8 Å². The Kier molecular flexibility index (Phi) is 5.51. The number of nitrogens with zero attached hydrogens (tertiary/aromatic N) is 1. The number of aliphatic hydroxyl groups is 1. The van der Waals surface area contributed by atoms with E-state index in [1.54, 1.807) is 7.11 Å². The summed E-state index contributed by atoms with van der Waals surface area (Å²) >= 11 is 0. The van der Waals surface area contributed by atoms with E-state index in [0.29, 0.717) is 12.2 Å². The second-order valence-electron chi connectivity index (χ2n) is 4.76. The van der Waals surface area contributed by atoms with Crippen LogP contribution < -0.4 is 4.74 Å². The number of aromatic carboxylic acids is 1. The maximum Gasteiger partial charge on any atom is 0.358 e. The van der Waals surface area contributed by atoms with Crippen LogP contribution in [-0.4, -0.2) is 33.4 Å². The number of methoxy groups -OCH3 is 1. The van der Waals surface area contributed by atoms with Crippen LogP contribution in [0, 0.1) is 0 Å². The Morgan fingerprint density at radius 2 is 1.91 bits per heavy atom. The third-order valence-corrected chi connectivity index (χ3v) is 3.29. The first kappa shape index (κ1) is 16.7. The predicted molar refractivity (Wildman–Crippen MR) is 80.3 cm³/mol. The zero-order valence-electron chi connectivity index (χ0n) is 12.5. The summed E-state index contributed by atoms with van der Waals surface area (Å²) in [4.78, 5) is 14.6. The third kappa shape index (κ3) is 3.97. The molecule has 1 aromatic carbocycles. The van der Waals surface area contributed by atoms with E-state index in [-0.39, 0.29) is 12.2 Å². The van der Waals surface area contributed by atoms with E-state index in [4.69, 9.17) is 14.6 Å². The van der Waals surface area contributed by atoms with Crippen LogP contribution >= 0.6 is 0 Å². The molecule has 0 saturated carbocycles. The van der Waals surface area contributed by atoms with Crippen LogP contribution in [0.1, 0.15) is 27.2 Å². The molecule has 3 N–H and O–H groups in total. The molecule has 7 heteroatoms. The second kappa shape index (κ2) is 7.57. The average Bonchev–Trinajstić information content (AvgIpc) is 2.55. The van der Waals surface area contributed by atoms with Gasteiger partial charge in [-0.15, -0.1) is 0 Å². The maximum absolute atomic E-state index is 10.9. The molecule has 0 bridgehead atoms. The number of carboxylic acid groups (broad SMARTS) is 1. The van der Waals surface area contributed by atoms with Crippen molar-refractivity contribution in [1.29, 1.82) is 0 Å². The van der Waals surface area contributed by atoms with E-state index in [1.807, 2.05) is 24.3 Å². The van der Waals surface area contributed by atoms with E-state index in [9.17, 15) is 15.0 Å². The highest BCUT2D eigenvalue weighted by Crippen LogP contribution is 2.25. The number of aromatic hydroxyl groups is 1. The van der Waals surface area contributed by atoms with Crippen LogP contribution in [0.2, 0.25) is 0 Å². The summed E-state index contributed by atoms with van der Waals surface area (Å²) in [5.74, 6) is -1.15. The van der Waals surface area contributed by atoms with Gasteiger partial charge in [0, 0.05) is 17.3 Å². The Morgan fingerprint density at radius 3 is 2.48 bits per heavy atom. The lowest BCUT2D eigenvalue weighted by molar-refractivity contribution is 0.0685. The first-order valence-electron chi connectivity index (χ1n) is 6.81. The van der Waals surface area contributed by atoms with Crippen molar-refractivity contribution in [2.75, 3.05) is 7.11 Å². The molecule has 0 radical (unpaired) electrons. The molecule has 0 atom stereocenters. The molecule has 0 unspecified atom stereocenters. The Labute approximate surface area is 132 Å². The number of ether oxygens (including phenoxy) is 2. The van der Waals surface area contributed by atoms with Gasteiger partial charge in [-0.1, -0.05) is 12.1 Å². The summed E-state index contributed by atoms with van der Waals surface area (Å²) in [5, 5.41) is 28.1. The number of aromatic nitrogens is 1. The van der Waals surface area contributed by atoms with Crippen LogP contribution in [0.4, 0.5) is 0 Å². The molecule has 2 rings (SSSR count). The predicted octanol–water partition coefficient (Wildman–Crippen LogP) is 1.70. The monoisotopic (exact) mass is 319 g/mol. The molecule has 0 spiro atoms. The number of pyridine rings is 1. The Morgan fingerprint density at radius 1 is 1.22 bits per heavy atom. The molecule has 7 nitrogen and oxygen atoms in total. The van der Waals surface area contributed by atoms with Crippen LogP contribution in [0.5, 0.6) is 11.5 Å². The first-order chi connectivity index (χ1) is 11.1. The van der Waals surface area contributed by atoms with Gasteiger partial charge in [-0.05, 0) is 17.7 Å². The minimum atomic E-state index is -1.36. The molecular formula is C16H17NO6. The van der Waals surface area contributed by atoms with Crippen molar-refractivity contribution < 1.29 is 29.6 Å². The van der Waals surface area contributed by atoms with Gasteiger partial charge in [-0.3, -0.25) is 0 Å². The molecule has 2 aromatic rings. The van der Waals surface area contributed by atoms with Gasteiger partial charge in [0.1, 0.15) is 5.75 Å². The Bertz CT molecular complexity index is 684. The standard InChI is InChI=1S/C16H17NO6/c1-22-12-4-2-10(3-5-12)8-23-9-11-6-17-14(16(20)21)15(19)13(11)7-18/h2-6,18-19H,7-9H2,1H3,(H,20,21). The first-order valence-corrected chi connectivity index (χ1v) is 6.81. The lowest BCUT2D eigenvalue weighted by Gasteiger charge is -2.11. The van der Waals surface area contributed by atoms with E-state index >= 15 is 0 Å². The fourth-order valence-electron chi connectivity index (χ4n) is 2.03. The number of benzene rings is 1. The molecule has 0 aliphatic carbocycles. The van der Waals surface area contributed by atoms with Gasteiger partial charge in [0.2, 0.25) is 0 Å². The van der Waals surface area contributed by atoms with Crippen molar-refractivity contribution >= 4 is 5.97 Å². The van der Waals surface area contributed by atoms with Gasteiger partial charge in [0.25, 0.3) is 0 Å². The molecule has 0 fully saturated rings. The second-order valence-corrected chi connectivity index (χ2v) is 4.76. The van der Waals surface area contributed by atoms with Crippen LogP contribution in [0.25, 0.3) is 0 Å². The summed E-state index contributed by atoms with van der Waals surface area (Å²) < 4.78 is 10.6. The minimum absolute atomic E-state index is 0.0857. The summed E-state index contributed by atoms with van der Waals surface area (Å²) in [5.41, 5.74) is 0.972. The summed E-state index contributed by atoms with van der Waals surface area (Å²) in [6.45, 7) is -0.103. The van der Waals surface area contributed by atoms with Gasteiger partial charge in [0.15, 0.2) is 11.4 Å². The molecule has 0 aliphatic rings. The fourth-order valence-corrected chi connectivity index (χ4v) is 2.03. The number of rotatable bonds is 7. The highest BCUT2D eigenvalue weighted by Gasteiger charge is 2.18. The minimum Gasteiger partial charge on any atom is -0.505 e. The van der Waals surface area contributed by atoms with Gasteiger partial charge < -0.3 is 24.8 Å². The van der Waals surface area contributed by atoms with Crippen molar-refractivity contribution in [3.05, 3.63) is 52.8 Å². The zero-order chi connectivity index (χ0) is 16.8. The zero-order valence-corrected chi connectivity index (χ0v) is 12.5. The molecule has 122 valence electrons. The molecule has 0 aliphatic heterocycles. The Balaban J connectivity index is 2.05. The molecule has 0 amide bonds. The van der Waals surface area contributed by atoms with E-state index in [1.165, 1.54) is 6.20 Å². The summed E-state index contributed by atoms with van der Waals surface area (Å²) in [6.07, 6.45) is 1.28. The number of aliphatic hydroxyl groups excluding tert-OH is 1. The number of hydrogen-bond acceptors (Lipinski definition) is 6. The van der Waals surface area contributed by atoms with E-state index in [0.717, 1.165) is 11.3 Å². The smallest absolute Gasteiger partial charge is 0.358 e. The number of carboxylic acids is 1. The van der Waals surface area contributed by atoms with Gasteiger partial charge in [-0.25, -0.2) is 9.78 Å². The van der Waals surface area contributed by atoms with Gasteiger partial charge >= 0.3 is 5.97 Å². The molecule has 0 saturated heterocycles. The molecular weight excluding hydrogens is 302 g/mol. The largest absolute Gasteiger partial charge is 0.505 e. The lowest BCUT2D eigenvalue weighted by atomic mass is 10.1. The molecule has 23 heavy (non-hydrogen) atoms. The summed E-state index contributed by atoms with van der Waals surface area (Å²) in [6, 6.07) is 7.34. The van der Waals surface area contributed by atoms with Crippen LogP contribution in [-0.2, 0) is 24.6 Å². The highest BCUT2D eigenvalue weighted by molar-refractivity contribution is 5.89. The number of carbonyl (C=O) groups is 1. The van der Waals surface area contributed by atoms with Gasteiger partial charge in [-0.2, -0.15) is 0 Å². The Hall–Kier alpha value is -2.64. The maximum atomic E-state index is 10.9. The van der Waals surface area contributed by atoms with E-state index in [2.05, 4.69) is 4.98 Å². The topological polar surface area (TPSA) is 109 Å². The van der Waals surface area contributed by atoms with Gasteiger partial charge in [0.05, 0.1) is 26.9 Å². The van der Waals surface area contributed by atoms with E-state index < -0.39 is 24.0 Å². The van der Waals surface area contributed by atoms with Crippen LogP contribution in [0.15, 0.2) is 30.5 Å². The quantitative estimate of drug-likeness (QED) is 0.712. The number of hydrogen-bond donors (Lipinski definition) is 3. The lowest BCUT2D eigenvalue weighted by Crippen LogP contribution is -2.07. The normalized spacial score (nSPS) is 10.5. The van der Waals surface area contributed by atoms with Crippen molar-refractivity contribution in [1.82, 2.24) is 4.98 Å². The average molecular weight is 319 g/mol.